The summed E-state index contributed by atoms with van der Waals surface area (Å²) in [4.78, 5) is 12.8. The van der Waals surface area contributed by atoms with Gasteiger partial charge in [0.25, 0.3) is 0 Å². The largest absolute Gasteiger partial charge is 0.432 e. The molecule has 3 heterocycles. The summed E-state index contributed by atoms with van der Waals surface area (Å²) in [6.07, 6.45) is -0.190. The zero-order valence-electron chi connectivity index (χ0n) is 12.6. The van der Waals surface area contributed by atoms with Crippen LogP contribution in [-0.4, -0.2) is 37.5 Å². The van der Waals surface area contributed by atoms with Crippen LogP contribution in [0.4, 0.5) is 13.2 Å². The molecule has 0 bridgehead atoms. The second-order valence-electron chi connectivity index (χ2n) is 5.81. The SMILES string of the molecule is Cn1c(Cl)cnc1CN1CCC[C@@H](c2ncc(C(F)(F)F)[nH]2)C1. The molecule has 0 aliphatic carbocycles. The Morgan fingerprint density at radius 2 is 2.13 bits per heavy atom. The third-order valence-corrected chi connectivity index (χ3v) is 4.54. The molecular weight excluding hydrogens is 331 g/mol. The van der Waals surface area contributed by atoms with E-state index in [1.165, 1.54) is 0 Å². The van der Waals surface area contributed by atoms with Crippen LogP contribution in [0.25, 0.3) is 0 Å². The Kier molecular flexibility index (Phi) is 4.37. The lowest BCUT2D eigenvalue weighted by Crippen LogP contribution is -2.35. The third-order valence-electron chi connectivity index (χ3n) is 4.19. The van der Waals surface area contributed by atoms with E-state index in [-0.39, 0.29) is 5.92 Å². The van der Waals surface area contributed by atoms with Crippen LogP contribution in [0.5, 0.6) is 0 Å². The first-order valence-corrected chi connectivity index (χ1v) is 7.73. The van der Waals surface area contributed by atoms with Gasteiger partial charge >= 0.3 is 6.18 Å². The molecule has 2 aromatic heterocycles. The Morgan fingerprint density at radius 3 is 2.74 bits per heavy atom. The molecule has 1 aliphatic heterocycles. The molecule has 1 fully saturated rings. The molecule has 1 atom stereocenters. The Labute approximate surface area is 136 Å². The maximum Gasteiger partial charge on any atom is 0.432 e. The number of alkyl halides is 3. The minimum Gasteiger partial charge on any atom is -0.338 e. The molecule has 1 saturated heterocycles. The van der Waals surface area contributed by atoms with E-state index in [9.17, 15) is 13.2 Å². The van der Waals surface area contributed by atoms with E-state index < -0.39 is 11.9 Å². The van der Waals surface area contributed by atoms with Gasteiger partial charge in [-0.25, -0.2) is 9.97 Å². The van der Waals surface area contributed by atoms with Gasteiger partial charge in [0.05, 0.1) is 18.9 Å². The second kappa shape index (κ2) is 6.16. The van der Waals surface area contributed by atoms with Gasteiger partial charge in [0.15, 0.2) is 0 Å². The fourth-order valence-corrected chi connectivity index (χ4v) is 3.03. The summed E-state index contributed by atoms with van der Waals surface area (Å²) < 4.78 is 39.8. The van der Waals surface area contributed by atoms with Crippen molar-refractivity contribution in [1.29, 1.82) is 0 Å². The summed E-state index contributed by atoms with van der Waals surface area (Å²) >= 11 is 5.98. The van der Waals surface area contributed by atoms with Gasteiger partial charge in [-0.15, -0.1) is 0 Å². The molecule has 0 unspecified atom stereocenters. The number of aromatic nitrogens is 4. The zero-order chi connectivity index (χ0) is 16.6. The van der Waals surface area contributed by atoms with Gasteiger partial charge in [0, 0.05) is 19.5 Å². The van der Waals surface area contributed by atoms with Crippen molar-refractivity contribution in [3.63, 3.8) is 0 Å². The Balaban J connectivity index is 1.68. The summed E-state index contributed by atoms with van der Waals surface area (Å²) in [5.74, 6) is 1.21. The highest BCUT2D eigenvalue weighted by molar-refractivity contribution is 6.29. The number of rotatable bonds is 3. The Bertz CT molecular complexity index is 678. The molecule has 0 amide bonds. The zero-order valence-corrected chi connectivity index (χ0v) is 13.3. The summed E-state index contributed by atoms with van der Waals surface area (Å²) in [6, 6.07) is 0. The van der Waals surface area contributed by atoms with Crippen molar-refractivity contribution in [3.05, 3.63) is 34.9 Å². The first-order chi connectivity index (χ1) is 10.8. The first-order valence-electron chi connectivity index (χ1n) is 7.35. The molecule has 0 aromatic carbocycles. The Hall–Kier alpha value is -1.54. The average Bonchev–Trinajstić information content (AvgIpc) is 3.10. The van der Waals surface area contributed by atoms with Crippen LogP contribution in [0.2, 0.25) is 5.15 Å². The smallest absolute Gasteiger partial charge is 0.338 e. The van der Waals surface area contributed by atoms with Crippen molar-refractivity contribution >= 4 is 11.6 Å². The molecule has 9 heteroatoms. The topological polar surface area (TPSA) is 49.7 Å². The molecule has 1 aliphatic rings. The molecule has 0 radical (unpaired) electrons. The number of halogens is 4. The third kappa shape index (κ3) is 3.53. The lowest BCUT2D eigenvalue weighted by molar-refractivity contribution is -0.141. The van der Waals surface area contributed by atoms with Gasteiger partial charge in [-0.3, -0.25) is 4.90 Å². The highest BCUT2D eigenvalue weighted by atomic mass is 35.5. The Morgan fingerprint density at radius 1 is 1.35 bits per heavy atom. The number of likely N-dealkylation sites (tertiary alicyclic amines) is 1. The van der Waals surface area contributed by atoms with E-state index in [4.69, 9.17) is 11.6 Å². The highest BCUT2D eigenvalue weighted by Gasteiger charge is 2.34. The second-order valence-corrected chi connectivity index (χ2v) is 6.20. The predicted molar refractivity (Wildman–Crippen MR) is 79.1 cm³/mol. The number of piperidine rings is 1. The number of aromatic amines is 1. The van der Waals surface area contributed by atoms with Crippen molar-refractivity contribution in [3.8, 4) is 0 Å². The van der Waals surface area contributed by atoms with Gasteiger partial charge in [-0.2, -0.15) is 13.2 Å². The minimum atomic E-state index is -4.39. The van der Waals surface area contributed by atoms with Crippen LogP contribution in [0.3, 0.4) is 0 Å². The number of hydrogen-bond acceptors (Lipinski definition) is 3. The van der Waals surface area contributed by atoms with Crippen LogP contribution in [-0.2, 0) is 19.8 Å². The number of H-pyrrole nitrogens is 1. The molecule has 126 valence electrons. The minimum absolute atomic E-state index is 0.0319. The van der Waals surface area contributed by atoms with Gasteiger partial charge < -0.3 is 9.55 Å². The molecule has 0 saturated carbocycles. The molecular formula is C14H17ClF3N5. The molecule has 1 N–H and O–H groups in total. The van der Waals surface area contributed by atoms with Crippen LogP contribution in [0.15, 0.2) is 12.4 Å². The van der Waals surface area contributed by atoms with Crippen LogP contribution >= 0.6 is 11.6 Å². The van der Waals surface area contributed by atoms with E-state index in [0.29, 0.717) is 24.1 Å². The van der Waals surface area contributed by atoms with Gasteiger partial charge in [0.2, 0.25) is 0 Å². The lowest BCUT2D eigenvalue weighted by atomic mass is 9.97. The number of hydrogen-bond donors (Lipinski definition) is 1. The fourth-order valence-electron chi connectivity index (χ4n) is 2.88. The fraction of sp³-hybridized carbons (Fsp3) is 0.571. The van der Waals surface area contributed by atoms with Crippen molar-refractivity contribution < 1.29 is 13.2 Å². The maximum absolute atomic E-state index is 12.7. The van der Waals surface area contributed by atoms with Crippen molar-refractivity contribution in [2.45, 2.75) is 31.5 Å². The first kappa shape index (κ1) is 16.3. The summed E-state index contributed by atoms with van der Waals surface area (Å²) in [5.41, 5.74) is -0.791. The van der Waals surface area contributed by atoms with Crippen LogP contribution in [0, 0.1) is 0 Å². The van der Waals surface area contributed by atoms with E-state index in [1.54, 1.807) is 10.8 Å². The van der Waals surface area contributed by atoms with Crippen molar-refractivity contribution in [1.82, 2.24) is 24.4 Å². The number of nitrogens with one attached hydrogen (secondary N) is 1. The monoisotopic (exact) mass is 347 g/mol. The molecule has 3 rings (SSSR count). The summed E-state index contributed by atoms with van der Waals surface area (Å²) in [7, 11) is 1.84. The lowest BCUT2D eigenvalue weighted by Gasteiger charge is -2.31. The van der Waals surface area contributed by atoms with Crippen LogP contribution in [0.1, 0.15) is 36.1 Å². The summed E-state index contributed by atoms with van der Waals surface area (Å²) in [6.45, 7) is 2.15. The number of imidazole rings is 2. The van der Waals surface area contributed by atoms with Gasteiger partial charge in [-0.1, -0.05) is 11.6 Å². The maximum atomic E-state index is 12.7. The molecule has 2 aromatic rings. The van der Waals surface area contributed by atoms with Gasteiger partial charge in [0.1, 0.15) is 22.5 Å². The molecule has 23 heavy (non-hydrogen) atoms. The van der Waals surface area contributed by atoms with Crippen LogP contribution < -0.4 is 0 Å². The van der Waals surface area contributed by atoms with E-state index in [1.807, 2.05) is 7.05 Å². The van der Waals surface area contributed by atoms with Gasteiger partial charge in [-0.05, 0) is 19.4 Å². The average molecular weight is 348 g/mol. The van der Waals surface area contributed by atoms with E-state index in [2.05, 4.69) is 19.9 Å². The standard InChI is InChI=1S/C14H17ClF3N5/c1-22-11(15)6-19-12(22)8-23-4-2-3-9(7-23)13-20-5-10(21-13)14(16,17)18/h5-6,9H,2-4,7-8H2,1H3,(H,20,21)/t9-/m1/s1. The van der Waals surface area contributed by atoms with Crippen molar-refractivity contribution in [2.24, 2.45) is 7.05 Å². The highest BCUT2D eigenvalue weighted by Crippen LogP contribution is 2.31. The van der Waals surface area contributed by atoms with E-state index in [0.717, 1.165) is 31.4 Å². The quantitative estimate of drug-likeness (QED) is 0.927. The number of nitrogens with zero attached hydrogens (tertiary/aromatic N) is 4. The summed E-state index contributed by atoms with van der Waals surface area (Å²) in [5, 5.41) is 0.564. The normalized spacial score (nSPS) is 20.1. The molecule has 0 spiro atoms. The van der Waals surface area contributed by atoms with Crippen molar-refractivity contribution in [2.75, 3.05) is 13.1 Å². The molecule has 5 nitrogen and oxygen atoms in total. The van der Waals surface area contributed by atoms with E-state index >= 15 is 0 Å². The predicted octanol–water partition coefficient (Wildman–Crippen LogP) is 3.20.